The summed E-state index contributed by atoms with van der Waals surface area (Å²) in [4.78, 5) is 25.3. The molecule has 206 valence electrons. The highest BCUT2D eigenvalue weighted by Crippen LogP contribution is 2.30. The van der Waals surface area contributed by atoms with Gasteiger partial charge in [-0.15, -0.1) is 0 Å². The molecule has 0 heterocycles. The van der Waals surface area contributed by atoms with E-state index in [1.807, 2.05) is 19.9 Å². The first-order valence-corrected chi connectivity index (χ1v) is 14.4. The number of carbonyl (C=O) groups is 2. The van der Waals surface area contributed by atoms with Gasteiger partial charge in [-0.25, -0.2) is 0 Å². The van der Waals surface area contributed by atoms with E-state index in [0.29, 0.717) is 18.1 Å². The molecule has 0 aromatic heterocycles. The van der Waals surface area contributed by atoms with Crippen molar-refractivity contribution in [2.75, 3.05) is 6.61 Å². The SMILES string of the molecule is CCCCCCCCCCCCCCCCCOC(=O)C(C)(C)C(=O)Oc1ccccc1OC(C)C. The molecule has 0 aliphatic heterocycles. The lowest BCUT2D eigenvalue weighted by Gasteiger charge is -2.22. The summed E-state index contributed by atoms with van der Waals surface area (Å²) in [5.41, 5.74) is -1.39. The number of esters is 2. The number of benzene rings is 1. The first kappa shape index (κ1) is 32.0. The maximum absolute atomic E-state index is 12.7. The minimum atomic E-state index is -1.39. The highest BCUT2D eigenvalue weighted by molar-refractivity contribution is 6.00. The van der Waals surface area contributed by atoms with Crippen LogP contribution in [-0.4, -0.2) is 24.6 Å². The van der Waals surface area contributed by atoms with Crippen molar-refractivity contribution in [3.05, 3.63) is 24.3 Å². The Kier molecular flexibility index (Phi) is 17.0. The van der Waals surface area contributed by atoms with Crippen LogP contribution in [0, 0.1) is 5.41 Å². The summed E-state index contributed by atoms with van der Waals surface area (Å²) in [6.45, 7) is 9.48. The molecule has 0 aliphatic rings. The molecule has 0 aliphatic carbocycles. The molecule has 0 radical (unpaired) electrons. The average molecular weight is 505 g/mol. The van der Waals surface area contributed by atoms with Crippen molar-refractivity contribution in [2.24, 2.45) is 5.41 Å². The standard InChI is InChI=1S/C31H52O5/c1-6-7-8-9-10-11-12-13-14-15-16-17-18-19-22-25-34-29(32)31(4,5)30(33)36-28-24-21-20-23-27(28)35-26(2)3/h20-21,23-24,26H,6-19,22,25H2,1-5H3. The first-order valence-electron chi connectivity index (χ1n) is 14.4. The summed E-state index contributed by atoms with van der Waals surface area (Å²) in [5, 5.41) is 0. The average Bonchev–Trinajstić information content (AvgIpc) is 2.84. The van der Waals surface area contributed by atoms with Gasteiger partial charge in [-0.1, -0.05) is 109 Å². The van der Waals surface area contributed by atoms with Gasteiger partial charge >= 0.3 is 11.9 Å². The predicted molar refractivity (Wildman–Crippen MR) is 148 cm³/mol. The highest BCUT2D eigenvalue weighted by atomic mass is 16.6. The van der Waals surface area contributed by atoms with E-state index < -0.39 is 17.4 Å². The monoisotopic (exact) mass is 504 g/mol. The molecule has 1 aromatic carbocycles. The van der Waals surface area contributed by atoms with Crippen LogP contribution in [0.2, 0.25) is 0 Å². The molecule has 1 aromatic rings. The zero-order valence-electron chi connectivity index (χ0n) is 23.7. The third-order valence-electron chi connectivity index (χ3n) is 6.42. The summed E-state index contributed by atoms with van der Waals surface area (Å²) in [7, 11) is 0. The van der Waals surface area contributed by atoms with E-state index in [1.54, 1.807) is 18.2 Å². The Balaban J connectivity index is 2.12. The van der Waals surface area contributed by atoms with Crippen LogP contribution in [0.5, 0.6) is 11.5 Å². The zero-order chi connectivity index (χ0) is 26.7. The fraction of sp³-hybridized carbons (Fsp3) is 0.742. The van der Waals surface area contributed by atoms with Crippen LogP contribution in [-0.2, 0) is 14.3 Å². The van der Waals surface area contributed by atoms with Crippen LogP contribution < -0.4 is 9.47 Å². The third-order valence-corrected chi connectivity index (χ3v) is 6.42. The molecule has 0 bridgehead atoms. The Bertz CT molecular complexity index is 725. The molecule has 0 saturated carbocycles. The Labute approximate surface area is 220 Å². The molecule has 1 rings (SSSR count). The summed E-state index contributed by atoms with van der Waals surface area (Å²) < 4.78 is 16.6. The number of para-hydroxylation sites is 2. The van der Waals surface area contributed by atoms with Crippen LogP contribution in [0.4, 0.5) is 0 Å². The Morgan fingerprint density at radius 3 is 1.61 bits per heavy atom. The van der Waals surface area contributed by atoms with E-state index in [0.717, 1.165) is 19.3 Å². The quantitative estimate of drug-likeness (QED) is 0.0724. The molecule has 0 N–H and O–H groups in total. The Morgan fingerprint density at radius 2 is 1.14 bits per heavy atom. The van der Waals surface area contributed by atoms with Crippen molar-refractivity contribution in [2.45, 2.75) is 137 Å². The second kappa shape index (κ2) is 19.1. The van der Waals surface area contributed by atoms with Crippen LogP contribution in [0.1, 0.15) is 131 Å². The summed E-state index contributed by atoms with van der Waals surface area (Å²) >= 11 is 0. The van der Waals surface area contributed by atoms with Crippen molar-refractivity contribution < 1.29 is 23.8 Å². The van der Waals surface area contributed by atoms with Gasteiger partial charge in [-0.05, 0) is 46.2 Å². The Morgan fingerprint density at radius 1 is 0.694 bits per heavy atom. The molecule has 0 saturated heterocycles. The molecule has 36 heavy (non-hydrogen) atoms. The molecular formula is C31H52O5. The van der Waals surface area contributed by atoms with Crippen LogP contribution in [0.25, 0.3) is 0 Å². The molecular weight excluding hydrogens is 452 g/mol. The smallest absolute Gasteiger partial charge is 0.328 e. The van der Waals surface area contributed by atoms with E-state index in [4.69, 9.17) is 14.2 Å². The fourth-order valence-corrected chi connectivity index (χ4v) is 4.02. The largest absolute Gasteiger partial charge is 0.487 e. The molecule has 0 unspecified atom stereocenters. The lowest BCUT2D eigenvalue weighted by Crippen LogP contribution is -2.38. The topological polar surface area (TPSA) is 61.8 Å². The van der Waals surface area contributed by atoms with Crippen molar-refractivity contribution in [3.63, 3.8) is 0 Å². The van der Waals surface area contributed by atoms with Gasteiger partial charge in [-0.3, -0.25) is 9.59 Å². The minimum Gasteiger partial charge on any atom is -0.487 e. The second-order valence-corrected chi connectivity index (χ2v) is 10.7. The lowest BCUT2D eigenvalue weighted by molar-refractivity contribution is -0.164. The van der Waals surface area contributed by atoms with E-state index >= 15 is 0 Å². The minimum absolute atomic E-state index is 0.0577. The predicted octanol–water partition coefficient (Wildman–Crippen LogP) is 8.82. The van der Waals surface area contributed by atoms with Crippen molar-refractivity contribution >= 4 is 11.9 Å². The van der Waals surface area contributed by atoms with E-state index in [1.165, 1.54) is 90.9 Å². The summed E-state index contributed by atoms with van der Waals surface area (Å²) in [6.07, 6.45) is 19.3. The Hall–Kier alpha value is -2.04. The van der Waals surface area contributed by atoms with Crippen LogP contribution in [0.15, 0.2) is 24.3 Å². The van der Waals surface area contributed by atoms with Gasteiger partial charge in [0.15, 0.2) is 16.9 Å². The maximum Gasteiger partial charge on any atom is 0.328 e. The molecule has 0 atom stereocenters. The van der Waals surface area contributed by atoms with Crippen molar-refractivity contribution in [1.82, 2.24) is 0 Å². The van der Waals surface area contributed by atoms with E-state index in [9.17, 15) is 9.59 Å². The van der Waals surface area contributed by atoms with Gasteiger partial charge in [0.2, 0.25) is 0 Å². The number of carbonyl (C=O) groups excluding carboxylic acids is 2. The second-order valence-electron chi connectivity index (χ2n) is 10.7. The number of hydrogen-bond acceptors (Lipinski definition) is 5. The van der Waals surface area contributed by atoms with Gasteiger partial charge in [0.1, 0.15) is 0 Å². The summed E-state index contributed by atoms with van der Waals surface area (Å²) in [6, 6.07) is 6.97. The van der Waals surface area contributed by atoms with E-state index in [2.05, 4.69) is 6.92 Å². The number of rotatable bonds is 21. The van der Waals surface area contributed by atoms with Gasteiger partial charge < -0.3 is 14.2 Å². The molecule has 0 fully saturated rings. The molecule has 5 heteroatoms. The fourth-order valence-electron chi connectivity index (χ4n) is 4.02. The van der Waals surface area contributed by atoms with Gasteiger partial charge in [0, 0.05) is 0 Å². The van der Waals surface area contributed by atoms with Gasteiger partial charge in [-0.2, -0.15) is 0 Å². The third kappa shape index (κ3) is 13.9. The zero-order valence-corrected chi connectivity index (χ0v) is 23.7. The maximum atomic E-state index is 12.7. The number of unbranched alkanes of at least 4 members (excludes halogenated alkanes) is 14. The molecule has 0 spiro atoms. The summed E-state index contributed by atoms with van der Waals surface area (Å²) in [5.74, 6) is -0.425. The lowest BCUT2D eigenvalue weighted by atomic mass is 9.94. The number of ether oxygens (including phenoxy) is 3. The number of hydrogen-bond donors (Lipinski definition) is 0. The van der Waals surface area contributed by atoms with Crippen molar-refractivity contribution in [1.29, 1.82) is 0 Å². The van der Waals surface area contributed by atoms with E-state index in [-0.39, 0.29) is 6.10 Å². The van der Waals surface area contributed by atoms with Crippen LogP contribution >= 0.6 is 0 Å². The van der Waals surface area contributed by atoms with Gasteiger partial charge in [0.05, 0.1) is 12.7 Å². The normalized spacial score (nSPS) is 11.5. The molecule has 0 amide bonds. The molecule has 5 nitrogen and oxygen atoms in total. The highest BCUT2D eigenvalue weighted by Gasteiger charge is 2.40. The van der Waals surface area contributed by atoms with Gasteiger partial charge in [0.25, 0.3) is 0 Å². The first-order chi connectivity index (χ1) is 17.3. The van der Waals surface area contributed by atoms with Crippen LogP contribution in [0.3, 0.4) is 0 Å². The van der Waals surface area contributed by atoms with Crippen molar-refractivity contribution in [3.8, 4) is 11.5 Å².